The fourth-order valence-corrected chi connectivity index (χ4v) is 4.72. The molecule has 1 amide bonds. The lowest BCUT2D eigenvalue weighted by molar-refractivity contribution is -0.132. The van der Waals surface area contributed by atoms with Crippen LogP contribution in [0.2, 0.25) is 0 Å². The Hall–Kier alpha value is -4.26. The molecule has 0 spiro atoms. The number of anilines is 2. The number of hydrogen-bond acceptors (Lipinski definition) is 6. The highest BCUT2D eigenvalue weighted by Crippen LogP contribution is 2.43. The summed E-state index contributed by atoms with van der Waals surface area (Å²) in [6.07, 6.45) is 0.840. The SMILES string of the molecule is CCCOc1cccc(/C(O)=C2/C(=O)C(=O)N(c3ccc(OC)cc3)C2c2ccc(N(CC)CC)cc2)c1. The molecule has 1 N–H and O–H groups in total. The Morgan fingerprint density at radius 1 is 0.921 bits per heavy atom. The quantitative estimate of drug-likeness (QED) is 0.204. The van der Waals surface area contributed by atoms with Crippen LogP contribution < -0.4 is 19.3 Å². The maximum absolute atomic E-state index is 13.5. The van der Waals surface area contributed by atoms with Crippen molar-refractivity contribution < 1.29 is 24.2 Å². The van der Waals surface area contributed by atoms with Crippen LogP contribution in [0.1, 0.15) is 44.4 Å². The normalized spacial score (nSPS) is 16.5. The summed E-state index contributed by atoms with van der Waals surface area (Å²) < 4.78 is 11.0. The molecule has 1 aliphatic heterocycles. The maximum atomic E-state index is 13.5. The summed E-state index contributed by atoms with van der Waals surface area (Å²) in [5, 5.41) is 11.5. The second kappa shape index (κ2) is 11.9. The number of Topliss-reactive ketones (excluding diaryl/α,β-unsaturated/α-hetero) is 1. The zero-order valence-electron chi connectivity index (χ0n) is 22.3. The van der Waals surface area contributed by atoms with Crippen molar-refractivity contribution >= 4 is 28.8 Å². The van der Waals surface area contributed by atoms with Gasteiger partial charge in [0.05, 0.1) is 25.3 Å². The molecule has 7 nitrogen and oxygen atoms in total. The number of ether oxygens (including phenoxy) is 2. The summed E-state index contributed by atoms with van der Waals surface area (Å²) in [4.78, 5) is 30.6. The molecule has 1 heterocycles. The smallest absolute Gasteiger partial charge is 0.300 e. The first-order valence-electron chi connectivity index (χ1n) is 13.0. The molecule has 1 saturated heterocycles. The second-order valence-corrected chi connectivity index (χ2v) is 9.01. The zero-order valence-corrected chi connectivity index (χ0v) is 22.3. The molecule has 7 heteroatoms. The lowest BCUT2D eigenvalue weighted by Gasteiger charge is -2.27. The number of carbonyl (C=O) groups excluding carboxylic acids is 2. The summed E-state index contributed by atoms with van der Waals surface area (Å²) in [5.41, 5.74) is 2.74. The molecule has 0 saturated carbocycles. The number of nitrogens with zero attached hydrogens (tertiary/aromatic N) is 2. The van der Waals surface area contributed by atoms with Gasteiger partial charge in [0.2, 0.25) is 0 Å². The van der Waals surface area contributed by atoms with Crippen LogP contribution in [-0.4, -0.2) is 43.6 Å². The molecule has 0 bridgehead atoms. The number of amides is 1. The van der Waals surface area contributed by atoms with Crippen molar-refractivity contribution in [3.8, 4) is 11.5 Å². The van der Waals surface area contributed by atoms with E-state index in [0.29, 0.717) is 29.4 Å². The molecule has 1 unspecified atom stereocenters. The van der Waals surface area contributed by atoms with Crippen LogP contribution in [0.5, 0.6) is 11.5 Å². The Kier molecular flexibility index (Phi) is 8.36. The minimum atomic E-state index is -0.811. The van der Waals surface area contributed by atoms with Crippen LogP contribution in [0, 0.1) is 0 Å². The molecule has 4 rings (SSSR count). The Bertz CT molecular complexity index is 1310. The van der Waals surface area contributed by atoms with Crippen LogP contribution in [0.25, 0.3) is 5.76 Å². The number of hydrogen-bond donors (Lipinski definition) is 1. The highest BCUT2D eigenvalue weighted by molar-refractivity contribution is 6.51. The largest absolute Gasteiger partial charge is 0.507 e. The van der Waals surface area contributed by atoms with Crippen LogP contribution in [-0.2, 0) is 9.59 Å². The monoisotopic (exact) mass is 514 g/mol. The predicted molar refractivity (Wildman–Crippen MR) is 150 cm³/mol. The van der Waals surface area contributed by atoms with Crippen LogP contribution in [0.15, 0.2) is 78.4 Å². The van der Waals surface area contributed by atoms with Crippen LogP contribution >= 0.6 is 0 Å². The third-order valence-electron chi connectivity index (χ3n) is 6.71. The first-order valence-corrected chi connectivity index (χ1v) is 13.0. The van der Waals surface area contributed by atoms with E-state index in [1.54, 1.807) is 55.6 Å². The van der Waals surface area contributed by atoms with Crippen LogP contribution in [0.4, 0.5) is 11.4 Å². The molecule has 0 aliphatic carbocycles. The number of benzene rings is 3. The topological polar surface area (TPSA) is 79.3 Å². The molecule has 1 atom stereocenters. The molecular weight excluding hydrogens is 480 g/mol. The van der Waals surface area contributed by atoms with Gasteiger partial charge in [0, 0.05) is 30.0 Å². The van der Waals surface area contributed by atoms with Gasteiger partial charge in [-0.2, -0.15) is 0 Å². The van der Waals surface area contributed by atoms with Gasteiger partial charge in [0.1, 0.15) is 17.3 Å². The van der Waals surface area contributed by atoms with Crippen molar-refractivity contribution in [2.45, 2.75) is 33.2 Å². The van der Waals surface area contributed by atoms with Gasteiger partial charge in [-0.3, -0.25) is 14.5 Å². The fourth-order valence-electron chi connectivity index (χ4n) is 4.72. The number of methoxy groups -OCH3 is 1. The van der Waals surface area contributed by atoms with E-state index in [1.165, 1.54) is 4.90 Å². The summed E-state index contributed by atoms with van der Waals surface area (Å²) in [6.45, 7) is 8.44. The zero-order chi connectivity index (χ0) is 27.2. The molecule has 3 aromatic rings. The molecule has 0 radical (unpaired) electrons. The third-order valence-corrected chi connectivity index (χ3v) is 6.71. The van der Waals surface area contributed by atoms with Crippen molar-refractivity contribution in [3.05, 3.63) is 89.5 Å². The van der Waals surface area contributed by atoms with Gasteiger partial charge >= 0.3 is 0 Å². The van der Waals surface area contributed by atoms with E-state index in [1.807, 2.05) is 31.2 Å². The average molecular weight is 515 g/mol. The van der Waals surface area contributed by atoms with E-state index in [9.17, 15) is 14.7 Å². The van der Waals surface area contributed by atoms with Crippen molar-refractivity contribution in [3.63, 3.8) is 0 Å². The minimum Gasteiger partial charge on any atom is -0.507 e. The van der Waals surface area contributed by atoms with Gasteiger partial charge in [0.15, 0.2) is 0 Å². The van der Waals surface area contributed by atoms with E-state index in [4.69, 9.17) is 9.47 Å². The van der Waals surface area contributed by atoms with Crippen molar-refractivity contribution in [1.82, 2.24) is 0 Å². The standard InChI is InChI=1S/C31H34N2O5/c1-5-19-38-26-10-8-9-22(20-26)29(34)27-28(21-11-13-23(14-12-21)32(6-2)7-3)33(31(36)30(27)35)24-15-17-25(37-4)18-16-24/h8-18,20,28,34H,5-7,19H2,1-4H3/b29-27-. The number of ketones is 1. The molecule has 3 aromatic carbocycles. The fraction of sp³-hybridized carbons (Fsp3) is 0.290. The Morgan fingerprint density at radius 2 is 1.61 bits per heavy atom. The first kappa shape index (κ1) is 26.8. The number of aliphatic hydroxyl groups is 1. The van der Waals surface area contributed by atoms with Gasteiger partial charge < -0.3 is 19.5 Å². The molecular formula is C31H34N2O5. The van der Waals surface area contributed by atoms with E-state index in [-0.39, 0.29) is 11.3 Å². The van der Waals surface area contributed by atoms with E-state index in [0.717, 1.165) is 30.8 Å². The van der Waals surface area contributed by atoms with E-state index >= 15 is 0 Å². The maximum Gasteiger partial charge on any atom is 0.300 e. The highest BCUT2D eigenvalue weighted by Gasteiger charge is 2.47. The van der Waals surface area contributed by atoms with Crippen molar-refractivity contribution in [2.24, 2.45) is 0 Å². The Labute approximate surface area is 223 Å². The molecule has 198 valence electrons. The lowest BCUT2D eigenvalue weighted by Crippen LogP contribution is -2.29. The number of carbonyl (C=O) groups is 2. The third kappa shape index (κ3) is 5.23. The molecule has 0 aromatic heterocycles. The molecule has 38 heavy (non-hydrogen) atoms. The lowest BCUT2D eigenvalue weighted by atomic mass is 9.94. The van der Waals surface area contributed by atoms with Gasteiger partial charge in [-0.25, -0.2) is 0 Å². The summed E-state index contributed by atoms with van der Waals surface area (Å²) in [6, 6.07) is 20.9. The average Bonchev–Trinajstić information content (AvgIpc) is 3.22. The summed E-state index contributed by atoms with van der Waals surface area (Å²) >= 11 is 0. The first-order chi connectivity index (χ1) is 18.4. The Morgan fingerprint density at radius 3 is 2.21 bits per heavy atom. The van der Waals surface area contributed by atoms with Crippen LogP contribution in [0.3, 0.4) is 0 Å². The predicted octanol–water partition coefficient (Wildman–Crippen LogP) is 5.96. The van der Waals surface area contributed by atoms with Gasteiger partial charge in [-0.15, -0.1) is 0 Å². The molecule has 1 fully saturated rings. The van der Waals surface area contributed by atoms with E-state index < -0.39 is 17.7 Å². The number of rotatable bonds is 10. The van der Waals surface area contributed by atoms with Crippen molar-refractivity contribution in [2.75, 3.05) is 36.6 Å². The number of aliphatic hydroxyl groups excluding tert-OH is 1. The summed E-state index contributed by atoms with van der Waals surface area (Å²) in [7, 11) is 1.57. The minimum absolute atomic E-state index is 0.0362. The van der Waals surface area contributed by atoms with E-state index in [2.05, 4.69) is 18.7 Å². The summed E-state index contributed by atoms with van der Waals surface area (Å²) in [5.74, 6) is -0.460. The highest BCUT2D eigenvalue weighted by atomic mass is 16.5. The van der Waals surface area contributed by atoms with Crippen molar-refractivity contribution in [1.29, 1.82) is 0 Å². The second-order valence-electron chi connectivity index (χ2n) is 9.01. The van der Waals surface area contributed by atoms with Gasteiger partial charge in [-0.05, 0) is 74.4 Å². The van der Waals surface area contributed by atoms with Gasteiger partial charge in [0.25, 0.3) is 11.7 Å². The molecule has 1 aliphatic rings. The van der Waals surface area contributed by atoms with Gasteiger partial charge in [-0.1, -0.05) is 31.2 Å². The Balaban J connectivity index is 1.86.